The molecule has 36 valence electrons. The van der Waals surface area contributed by atoms with Crippen LogP contribution >= 0.6 is 0 Å². The summed E-state index contributed by atoms with van der Waals surface area (Å²) < 4.78 is 4.88. The maximum absolute atomic E-state index is 4.88. The highest BCUT2D eigenvalue weighted by Gasteiger charge is 1.83. The largest absolute Gasteiger partial charge is 0.550 e. The second-order valence-corrected chi connectivity index (χ2v) is 1.24. The van der Waals surface area contributed by atoms with Gasteiger partial charge in [-0.2, -0.15) is 6.61 Å². The Bertz CT molecular complexity index is 23.0. The van der Waals surface area contributed by atoms with Crippen molar-refractivity contribution in [2.45, 2.75) is 0 Å². The monoisotopic (exact) mass is 86.1 g/mol. The summed E-state index contributed by atoms with van der Waals surface area (Å²) in [5.74, 6) is 0. The highest BCUT2D eigenvalue weighted by Crippen LogP contribution is 1.82. The van der Waals surface area contributed by atoms with Crippen LogP contribution in [0.15, 0.2) is 0 Å². The zero-order chi connectivity index (χ0) is 4.24. The Labute approximate surface area is 37.5 Å². The minimum Gasteiger partial charge on any atom is -0.550 e. The summed E-state index contributed by atoms with van der Waals surface area (Å²) in [5.41, 5.74) is 0. The molecule has 0 saturated carbocycles. The fraction of sp³-hybridized carbons (Fsp3) is 0.750. The molecule has 0 aromatic heterocycles. The molecular weight excluding hydrogens is 78.0 g/mol. The minimum absolute atomic E-state index is 0.833. The van der Waals surface area contributed by atoms with E-state index in [-0.39, 0.29) is 0 Å². The molecular formula is C4H8NO-. The summed E-state index contributed by atoms with van der Waals surface area (Å²) in [6.45, 7) is 4.51. The van der Waals surface area contributed by atoms with Crippen molar-refractivity contribution in [1.82, 2.24) is 5.32 Å². The van der Waals surface area contributed by atoms with Crippen LogP contribution in [0.1, 0.15) is 0 Å². The van der Waals surface area contributed by atoms with Crippen LogP contribution in [-0.2, 0) is 4.74 Å². The first kappa shape index (κ1) is 4.09. The van der Waals surface area contributed by atoms with Gasteiger partial charge in [-0.3, -0.25) is 0 Å². The molecule has 1 rings (SSSR count). The van der Waals surface area contributed by atoms with Crippen molar-refractivity contribution < 1.29 is 4.74 Å². The van der Waals surface area contributed by atoms with Gasteiger partial charge in [-0.1, -0.05) is 0 Å². The molecule has 6 heavy (non-hydrogen) atoms. The van der Waals surface area contributed by atoms with Gasteiger partial charge in [0.15, 0.2) is 0 Å². The van der Waals surface area contributed by atoms with E-state index >= 15 is 0 Å². The highest BCUT2D eigenvalue weighted by molar-refractivity contribution is 4.60. The van der Waals surface area contributed by atoms with E-state index in [9.17, 15) is 0 Å². The highest BCUT2D eigenvalue weighted by atomic mass is 16.5. The molecule has 0 amide bonds. The predicted molar refractivity (Wildman–Crippen MR) is 23.1 cm³/mol. The first-order chi connectivity index (χ1) is 3.00. The summed E-state index contributed by atoms with van der Waals surface area (Å²) in [7, 11) is 0. The zero-order valence-electron chi connectivity index (χ0n) is 3.61. The van der Waals surface area contributed by atoms with Crippen LogP contribution in [0.4, 0.5) is 0 Å². The molecule has 0 radical (unpaired) electrons. The van der Waals surface area contributed by atoms with Crippen LogP contribution in [0, 0.1) is 6.61 Å². The van der Waals surface area contributed by atoms with Crippen molar-refractivity contribution in [1.29, 1.82) is 0 Å². The third-order valence-electron chi connectivity index (χ3n) is 0.742. The normalized spacial score (nSPS) is 24.0. The third-order valence-corrected chi connectivity index (χ3v) is 0.742. The number of rotatable bonds is 0. The average Bonchev–Trinajstić information content (AvgIpc) is 1.72. The molecule has 0 unspecified atom stereocenters. The quantitative estimate of drug-likeness (QED) is 0.411. The zero-order valence-corrected chi connectivity index (χ0v) is 3.61. The second kappa shape index (κ2) is 2.16. The van der Waals surface area contributed by atoms with Gasteiger partial charge in [0.2, 0.25) is 0 Å². The lowest BCUT2D eigenvalue weighted by Crippen LogP contribution is -2.27. The number of morpholine rings is 1. The molecule has 0 aliphatic carbocycles. The Kier molecular flexibility index (Phi) is 1.47. The minimum atomic E-state index is 0.833. The molecule has 1 aliphatic rings. The Morgan fingerprint density at radius 3 is 2.83 bits per heavy atom. The number of hydrogen-bond donors (Lipinski definition) is 1. The molecule has 1 aliphatic heterocycles. The van der Waals surface area contributed by atoms with E-state index in [4.69, 9.17) is 4.74 Å². The van der Waals surface area contributed by atoms with Crippen molar-refractivity contribution in [3.05, 3.63) is 6.61 Å². The molecule has 1 fully saturated rings. The standard InChI is InChI=1S/C4H8NO/c1-3-6-4-2-5-1/h3,5H,1-2,4H2/q-1. The van der Waals surface area contributed by atoms with Gasteiger partial charge >= 0.3 is 0 Å². The van der Waals surface area contributed by atoms with Crippen molar-refractivity contribution in [2.24, 2.45) is 0 Å². The van der Waals surface area contributed by atoms with Gasteiger partial charge in [0, 0.05) is 13.2 Å². The molecule has 0 aromatic rings. The maximum Gasteiger partial charge on any atom is 0.0240 e. The maximum atomic E-state index is 4.88. The Hall–Kier alpha value is -0.0800. The SMILES string of the molecule is [CH-]1CNCCO1. The van der Waals surface area contributed by atoms with Crippen molar-refractivity contribution >= 4 is 0 Å². The van der Waals surface area contributed by atoms with Gasteiger partial charge in [-0.15, -0.1) is 6.54 Å². The average molecular weight is 86.1 g/mol. The third kappa shape index (κ3) is 0.954. The molecule has 1 heterocycles. The van der Waals surface area contributed by atoms with Gasteiger partial charge in [-0.25, -0.2) is 0 Å². The number of nitrogens with one attached hydrogen (secondary N) is 1. The van der Waals surface area contributed by atoms with E-state index in [2.05, 4.69) is 5.32 Å². The molecule has 0 bridgehead atoms. The first-order valence-corrected chi connectivity index (χ1v) is 2.14. The Morgan fingerprint density at radius 2 is 2.67 bits per heavy atom. The first-order valence-electron chi connectivity index (χ1n) is 2.14. The van der Waals surface area contributed by atoms with Crippen LogP contribution < -0.4 is 5.32 Å². The van der Waals surface area contributed by atoms with Gasteiger partial charge in [0.25, 0.3) is 0 Å². The summed E-state index contributed by atoms with van der Waals surface area (Å²) in [6.07, 6.45) is 0. The van der Waals surface area contributed by atoms with Crippen LogP contribution in [0.5, 0.6) is 0 Å². The number of hydrogen-bond acceptors (Lipinski definition) is 2. The van der Waals surface area contributed by atoms with E-state index in [0.29, 0.717) is 0 Å². The van der Waals surface area contributed by atoms with Crippen LogP contribution in [0.3, 0.4) is 0 Å². The molecule has 0 aromatic carbocycles. The van der Waals surface area contributed by atoms with Crippen molar-refractivity contribution in [3.8, 4) is 0 Å². The lowest BCUT2D eigenvalue weighted by molar-refractivity contribution is 0.167. The summed E-state index contributed by atoms with van der Waals surface area (Å²) in [4.78, 5) is 0. The van der Waals surface area contributed by atoms with Crippen LogP contribution in [0.25, 0.3) is 0 Å². The topological polar surface area (TPSA) is 21.3 Å². The van der Waals surface area contributed by atoms with Crippen LogP contribution in [0.2, 0.25) is 0 Å². The summed E-state index contributed by atoms with van der Waals surface area (Å²) in [5, 5.41) is 3.10. The molecule has 2 nitrogen and oxygen atoms in total. The van der Waals surface area contributed by atoms with E-state index in [0.717, 1.165) is 19.7 Å². The molecule has 0 spiro atoms. The lowest BCUT2D eigenvalue weighted by atomic mass is 10.5. The Morgan fingerprint density at radius 1 is 1.67 bits per heavy atom. The van der Waals surface area contributed by atoms with E-state index in [1.807, 2.05) is 0 Å². The van der Waals surface area contributed by atoms with Gasteiger partial charge < -0.3 is 10.1 Å². The van der Waals surface area contributed by atoms with Gasteiger partial charge in [0.05, 0.1) is 0 Å². The molecule has 0 atom stereocenters. The van der Waals surface area contributed by atoms with Crippen molar-refractivity contribution in [2.75, 3.05) is 19.7 Å². The van der Waals surface area contributed by atoms with E-state index in [1.165, 1.54) is 0 Å². The van der Waals surface area contributed by atoms with Gasteiger partial charge in [-0.05, 0) is 0 Å². The smallest absolute Gasteiger partial charge is 0.0240 e. The number of ether oxygens (including phenoxy) is 1. The van der Waals surface area contributed by atoms with Gasteiger partial charge in [0.1, 0.15) is 0 Å². The molecule has 2 heteroatoms. The second-order valence-electron chi connectivity index (χ2n) is 1.24. The fourth-order valence-corrected chi connectivity index (χ4v) is 0.434. The summed E-state index contributed by atoms with van der Waals surface area (Å²) >= 11 is 0. The predicted octanol–water partition coefficient (Wildman–Crippen LogP) is -0.232. The van der Waals surface area contributed by atoms with Crippen molar-refractivity contribution in [3.63, 3.8) is 0 Å². The van der Waals surface area contributed by atoms with E-state index < -0.39 is 0 Å². The lowest BCUT2D eigenvalue weighted by Gasteiger charge is -2.21. The Balaban J connectivity index is 2.00. The molecule has 1 saturated heterocycles. The fourth-order valence-electron chi connectivity index (χ4n) is 0.434. The molecule has 1 N–H and O–H groups in total. The summed E-state index contributed by atoms with van der Waals surface area (Å²) in [6, 6.07) is 0. The van der Waals surface area contributed by atoms with Crippen LogP contribution in [-0.4, -0.2) is 19.7 Å². The van der Waals surface area contributed by atoms with E-state index in [1.54, 1.807) is 6.61 Å².